The van der Waals surface area contributed by atoms with Crippen molar-refractivity contribution >= 4 is 6.21 Å². The zero-order chi connectivity index (χ0) is 12.0. The molecule has 0 aromatic heterocycles. The molecule has 0 aliphatic heterocycles. The van der Waals surface area contributed by atoms with Crippen LogP contribution in [0, 0.1) is 11.8 Å². The Morgan fingerprint density at radius 3 is 2.13 bits per heavy atom. The van der Waals surface area contributed by atoms with E-state index in [1.54, 1.807) is 0 Å². The molecule has 0 aromatic carbocycles. The molecular formula is C14H25N. The molecule has 1 heteroatoms. The van der Waals surface area contributed by atoms with E-state index in [4.69, 9.17) is 0 Å². The number of hydrogen-bond donors (Lipinski definition) is 0. The van der Waals surface area contributed by atoms with Gasteiger partial charge in [0.1, 0.15) is 0 Å². The van der Waals surface area contributed by atoms with Gasteiger partial charge in [0.05, 0.1) is 0 Å². The molecule has 0 aromatic rings. The lowest BCUT2D eigenvalue weighted by Gasteiger charge is -2.17. The second-order valence-electron chi connectivity index (χ2n) is 4.67. The van der Waals surface area contributed by atoms with Crippen LogP contribution >= 0.6 is 0 Å². The highest BCUT2D eigenvalue weighted by Gasteiger charge is 2.12. The van der Waals surface area contributed by atoms with Gasteiger partial charge in [-0.3, -0.25) is 4.99 Å². The summed E-state index contributed by atoms with van der Waals surface area (Å²) in [6, 6.07) is 0. The molecular weight excluding hydrogens is 182 g/mol. The van der Waals surface area contributed by atoms with Gasteiger partial charge < -0.3 is 0 Å². The maximum atomic E-state index is 4.48. The molecule has 0 aliphatic rings. The minimum absolute atomic E-state index is 0.494. The van der Waals surface area contributed by atoms with Gasteiger partial charge >= 0.3 is 0 Å². The Bertz CT molecular complexity index is 269. The predicted octanol–water partition coefficient (Wildman–Crippen LogP) is 4.61. The molecule has 0 aliphatic carbocycles. The van der Waals surface area contributed by atoms with Crippen molar-refractivity contribution in [3.8, 4) is 0 Å². The summed E-state index contributed by atoms with van der Waals surface area (Å²) in [7, 11) is 0. The first-order valence-corrected chi connectivity index (χ1v) is 5.73. The predicted molar refractivity (Wildman–Crippen MR) is 70.3 cm³/mol. The van der Waals surface area contributed by atoms with Crippen molar-refractivity contribution in [3.63, 3.8) is 0 Å². The Balaban J connectivity index is 4.91. The second kappa shape index (κ2) is 6.60. The Morgan fingerprint density at radius 1 is 1.27 bits per heavy atom. The average molecular weight is 207 g/mol. The van der Waals surface area contributed by atoms with Crippen LogP contribution in [-0.4, -0.2) is 6.21 Å². The molecule has 15 heavy (non-hydrogen) atoms. The number of rotatable bonds is 5. The monoisotopic (exact) mass is 207 g/mol. The molecule has 1 atom stereocenters. The smallest absolute Gasteiger partial charge is 0.0416 e. The van der Waals surface area contributed by atoms with Crippen molar-refractivity contribution < 1.29 is 0 Å². The van der Waals surface area contributed by atoms with Crippen LogP contribution in [0.5, 0.6) is 0 Å². The van der Waals surface area contributed by atoms with Crippen LogP contribution in [0.1, 0.15) is 48.0 Å². The van der Waals surface area contributed by atoms with Crippen molar-refractivity contribution in [2.75, 3.05) is 0 Å². The van der Waals surface area contributed by atoms with Crippen LogP contribution < -0.4 is 0 Å². The van der Waals surface area contributed by atoms with Gasteiger partial charge in [0.15, 0.2) is 0 Å². The third-order valence-corrected chi connectivity index (χ3v) is 2.61. The molecule has 86 valence electrons. The van der Waals surface area contributed by atoms with Gasteiger partial charge in [-0.2, -0.15) is 0 Å². The number of allylic oxidation sites excluding steroid dienone is 3. The molecule has 1 nitrogen and oxygen atoms in total. The average Bonchev–Trinajstić information content (AvgIpc) is 2.11. The van der Waals surface area contributed by atoms with E-state index >= 15 is 0 Å². The van der Waals surface area contributed by atoms with Gasteiger partial charge in [0, 0.05) is 11.9 Å². The van der Waals surface area contributed by atoms with E-state index in [2.05, 4.69) is 46.2 Å². The summed E-state index contributed by atoms with van der Waals surface area (Å²) >= 11 is 0. The van der Waals surface area contributed by atoms with Crippen LogP contribution in [0.4, 0.5) is 0 Å². The maximum Gasteiger partial charge on any atom is 0.0416 e. The first kappa shape index (κ1) is 14.2. The minimum atomic E-state index is 0.494. The van der Waals surface area contributed by atoms with E-state index in [0.29, 0.717) is 11.8 Å². The largest absolute Gasteiger partial charge is 0.266 e. The molecule has 0 saturated carbocycles. The van der Waals surface area contributed by atoms with Gasteiger partial charge in [-0.15, -0.1) is 6.58 Å². The summed E-state index contributed by atoms with van der Waals surface area (Å²) in [5, 5.41) is 0. The lowest BCUT2D eigenvalue weighted by molar-refractivity contribution is 0.634. The number of hydrogen-bond acceptors (Lipinski definition) is 1. The molecule has 0 bridgehead atoms. The van der Waals surface area contributed by atoms with E-state index in [1.165, 1.54) is 16.8 Å². The Morgan fingerprint density at radius 2 is 1.80 bits per heavy atom. The lowest BCUT2D eigenvalue weighted by Crippen LogP contribution is -2.04. The van der Waals surface area contributed by atoms with Gasteiger partial charge in [-0.05, 0) is 44.6 Å². The highest BCUT2D eigenvalue weighted by atomic mass is 14.7. The van der Waals surface area contributed by atoms with Crippen LogP contribution in [0.15, 0.2) is 28.4 Å². The summed E-state index contributed by atoms with van der Waals surface area (Å²) < 4.78 is 0. The Kier molecular flexibility index (Phi) is 6.23. The number of nitrogens with zero attached hydrogens (tertiary/aromatic N) is 1. The first-order valence-electron chi connectivity index (χ1n) is 5.73. The maximum absolute atomic E-state index is 4.48. The fourth-order valence-corrected chi connectivity index (χ4v) is 1.77. The Labute approximate surface area is 95.0 Å². The molecule has 0 fully saturated rings. The fraction of sp³-hybridized carbons (Fsp3) is 0.643. The molecule has 0 radical (unpaired) electrons. The van der Waals surface area contributed by atoms with Crippen molar-refractivity contribution in [1.82, 2.24) is 0 Å². The SMILES string of the molecule is C=C(C)CC(C)/C(C)=C(/N=C\C)C(C)C. The van der Waals surface area contributed by atoms with Crippen LogP contribution in [0.2, 0.25) is 0 Å². The zero-order valence-corrected chi connectivity index (χ0v) is 11.1. The third-order valence-electron chi connectivity index (χ3n) is 2.61. The van der Waals surface area contributed by atoms with Crippen LogP contribution in [-0.2, 0) is 0 Å². The summed E-state index contributed by atoms with van der Waals surface area (Å²) in [4.78, 5) is 4.48. The normalized spacial score (nSPS) is 15.7. The van der Waals surface area contributed by atoms with Crippen molar-refractivity contribution in [3.05, 3.63) is 23.4 Å². The highest BCUT2D eigenvalue weighted by molar-refractivity contribution is 5.55. The van der Waals surface area contributed by atoms with E-state index in [-0.39, 0.29) is 0 Å². The topological polar surface area (TPSA) is 12.4 Å². The van der Waals surface area contributed by atoms with Crippen molar-refractivity contribution in [2.45, 2.75) is 48.0 Å². The molecule has 0 spiro atoms. The van der Waals surface area contributed by atoms with E-state index < -0.39 is 0 Å². The van der Waals surface area contributed by atoms with Crippen LogP contribution in [0.25, 0.3) is 0 Å². The van der Waals surface area contributed by atoms with E-state index in [1.807, 2.05) is 13.1 Å². The zero-order valence-electron chi connectivity index (χ0n) is 11.1. The van der Waals surface area contributed by atoms with Gasteiger partial charge in [-0.1, -0.05) is 26.3 Å². The van der Waals surface area contributed by atoms with Crippen molar-refractivity contribution in [1.29, 1.82) is 0 Å². The molecule has 0 saturated heterocycles. The molecule has 1 unspecified atom stereocenters. The van der Waals surface area contributed by atoms with Gasteiger partial charge in [0.25, 0.3) is 0 Å². The van der Waals surface area contributed by atoms with E-state index in [9.17, 15) is 0 Å². The fourth-order valence-electron chi connectivity index (χ4n) is 1.77. The van der Waals surface area contributed by atoms with E-state index in [0.717, 1.165) is 6.42 Å². The number of aliphatic imine (C=N–C) groups is 1. The quantitative estimate of drug-likeness (QED) is 0.461. The van der Waals surface area contributed by atoms with Crippen molar-refractivity contribution in [2.24, 2.45) is 16.8 Å². The van der Waals surface area contributed by atoms with Crippen LogP contribution in [0.3, 0.4) is 0 Å². The minimum Gasteiger partial charge on any atom is -0.266 e. The molecule has 0 heterocycles. The summed E-state index contributed by atoms with van der Waals surface area (Å²) in [6.45, 7) is 16.8. The summed E-state index contributed by atoms with van der Waals surface area (Å²) in [6.07, 6.45) is 2.94. The standard InChI is InChI=1S/C14H25N/c1-8-15-14(11(4)5)13(7)12(6)9-10(2)3/h8,11-12H,2,9H2,1,3-7H3/b14-13+,15-8-. The third kappa shape index (κ3) is 4.96. The Hall–Kier alpha value is -0.850. The first-order chi connectivity index (χ1) is 6.90. The van der Waals surface area contributed by atoms with Gasteiger partial charge in [-0.25, -0.2) is 0 Å². The molecule has 0 rings (SSSR count). The molecule has 0 amide bonds. The highest BCUT2D eigenvalue weighted by Crippen LogP contribution is 2.25. The van der Waals surface area contributed by atoms with Gasteiger partial charge in [0.2, 0.25) is 0 Å². The lowest BCUT2D eigenvalue weighted by atomic mass is 9.91. The molecule has 0 N–H and O–H groups in total. The summed E-state index contributed by atoms with van der Waals surface area (Å²) in [5.74, 6) is 1.04. The second-order valence-corrected chi connectivity index (χ2v) is 4.67. The summed E-state index contributed by atoms with van der Waals surface area (Å²) in [5.41, 5.74) is 3.86.